The molecule has 1 aromatic rings. The summed E-state index contributed by atoms with van der Waals surface area (Å²) in [6, 6.07) is 2.32. The molecule has 18 heavy (non-hydrogen) atoms. The van der Waals surface area contributed by atoms with Crippen LogP contribution in [0.15, 0.2) is 12.1 Å². The third-order valence-electron chi connectivity index (χ3n) is 3.21. The summed E-state index contributed by atoms with van der Waals surface area (Å²) < 4.78 is 26.5. The van der Waals surface area contributed by atoms with Crippen molar-refractivity contribution in [1.82, 2.24) is 5.32 Å². The molecule has 0 saturated carbocycles. The summed E-state index contributed by atoms with van der Waals surface area (Å²) in [4.78, 5) is 0. The van der Waals surface area contributed by atoms with E-state index in [1.807, 2.05) is 11.8 Å². The molecule has 1 aliphatic heterocycles. The Morgan fingerprint density at radius 3 is 2.61 bits per heavy atom. The van der Waals surface area contributed by atoms with Crippen LogP contribution in [0.2, 0.25) is 0 Å². The summed E-state index contributed by atoms with van der Waals surface area (Å²) >= 11 is 1.94. The maximum atomic E-state index is 13.1. The molecule has 0 spiro atoms. The minimum atomic E-state index is -0.909. The molecule has 2 nitrogen and oxygen atoms in total. The van der Waals surface area contributed by atoms with Gasteiger partial charge < -0.3 is 10.4 Å². The molecular weight excluding hydrogens is 256 g/mol. The quantitative estimate of drug-likeness (QED) is 0.884. The van der Waals surface area contributed by atoms with Gasteiger partial charge in [0.1, 0.15) is 0 Å². The van der Waals surface area contributed by atoms with Crippen molar-refractivity contribution in [2.75, 3.05) is 12.3 Å². The van der Waals surface area contributed by atoms with E-state index in [4.69, 9.17) is 5.11 Å². The van der Waals surface area contributed by atoms with E-state index in [2.05, 4.69) is 12.2 Å². The van der Waals surface area contributed by atoms with Crippen molar-refractivity contribution in [3.63, 3.8) is 0 Å². The van der Waals surface area contributed by atoms with Gasteiger partial charge in [0.2, 0.25) is 0 Å². The van der Waals surface area contributed by atoms with Gasteiger partial charge in [0.05, 0.1) is 0 Å². The van der Waals surface area contributed by atoms with Crippen LogP contribution in [0.1, 0.15) is 25.3 Å². The van der Waals surface area contributed by atoms with E-state index in [1.165, 1.54) is 18.6 Å². The standard InChI is InChI=1S/C13H17F2NOS/c1-13(3-2-4-18-13)8-16-7-9-5-10(14)12(17)11(15)6-9/h5-6,16-17H,2-4,7-8H2,1H3. The monoisotopic (exact) mass is 273 g/mol. The van der Waals surface area contributed by atoms with Crippen LogP contribution in [0.4, 0.5) is 8.78 Å². The van der Waals surface area contributed by atoms with Crippen LogP contribution in [0.5, 0.6) is 5.75 Å². The first-order valence-electron chi connectivity index (χ1n) is 6.02. The van der Waals surface area contributed by atoms with Gasteiger partial charge in [-0.15, -0.1) is 0 Å². The van der Waals surface area contributed by atoms with Gasteiger partial charge in [-0.1, -0.05) is 0 Å². The van der Waals surface area contributed by atoms with E-state index in [0.717, 1.165) is 18.7 Å². The van der Waals surface area contributed by atoms with Crippen LogP contribution in [0, 0.1) is 11.6 Å². The average molecular weight is 273 g/mol. The number of benzene rings is 1. The van der Waals surface area contributed by atoms with E-state index in [9.17, 15) is 8.78 Å². The number of thioether (sulfide) groups is 1. The lowest BCUT2D eigenvalue weighted by Gasteiger charge is -2.23. The Kier molecular flexibility index (Phi) is 4.12. The molecule has 0 amide bonds. The number of nitrogens with one attached hydrogen (secondary N) is 1. The Bertz CT molecular complexity index is 410. The SMILES string of the molecule is CC1(CNCc2cc(F)c(O)c(F)c2)CCCS1. The summed E-state index contributed by atoms with van der Waals surface area (Å²) in [5, 5.41) is 12.2. The van der Waals surface area contributed by atoms with E-state index >= 15 is 0 Å². The molecule has 1 fully saturated rings. The van der Waals surface area contributed by atoms with Crippen LogP contribution in [0.3, 0.4) is 0 Å². The minimum absolute atomic E-state index is 0.230. The van der Waals surface area contributed by atoms with Crippen molar-refractivity contribution in [2.24, 2.45) is 0 Å². The van der Waals surface area contributed by atoms with Crippen LogP contribution in [-0.2, 0) is 6.54 Å². The van der Waals surface area contributed by atoms with Crippen molar-refractivity contribution in [1.29, 1.82) is 0 Å². The van der Waals surface area contributed by atoms with Crippen molar-refractivity contribution in [2.45, 2.75) is 31.1 Å². The van der Waals surface area contributed by atoms with Crippen LogP contribution in [-0.4, -0.2) is 22.2 Å². The van der Waals surface area contributed by atoms with Gasteiger partial charge in [-0.05, 0) is 43.2 Å². The molecular formula is C13H17F2NOS. The Labute approximate surface area is 110 Å². The van der Waals surface area contributed by atoms with Crippen molar-refractivity contribution in [3.05, 3.63) is 29.3 Å². The zero-order valence-corrected chi connectivity index (χ0v) is 11.1. The van der Waals surface area contributed by atoms with E-state index in [-0.39, 0.29) is 4.75 Å². The molecule has 1 saturated heterocycles. The first kappa shape index (κ1) is 13.6. The maximum Gasteiger partial charge on any atom is 0.187 e. The van der Waals surface area contributed by atoms with E-state index in [1.54, 1.807) is 0 Å². The summed E-state index contributed by atoms with van der Waals surface area (Å²) in [7, 11) is 0. The first-order chi connectivity index (χ1) is 8.50. The molecule has 1 heterocycles. The Balaban J connectivity index is 1.90. The fraction of sp³-hybridized carbons (Fsp3) is 0.538. The lowest BCUT2D eigenvalue weighted by atomic mass is 10.1. The van der Waals surface area contributed by atoms with Gasteiger partial charge in [0.25, 0.3) is 0 Å². The third kappa shape index (κ3) is 3.14. The number of halogens is 2. The molecule has 100 valence electrons. The highest BCUT2D eigenvalue weighted by molar-refractivity contribution is 8.00. The van der Waals surface area contributed by atoms with Gasteiger partial charge in [-0.3, -0.25) is 0 Å². The molecule has 0 aliphatic carbocycles. The number of phenolic OH excluding ortho intramolecular Hbond substituents is 1. The molecule has 0 radical (unpaired) electrons. The van der Waals surface area contributed by atoms with Gasteiger partial charge in [0.15, 0.2) is 17.4 Å². The average Bonchev–Trinajstić information content (AvgIpc) is 2.73. The van der Waals surface area contributed by atoms with Gasteiger partial charge >= 0.3 is 0 Å². The van der Waals surface area contributed by atoms with Crippen molar-refractivity contribution < 1.29 is 13.9 Å². The Morgan fingerprint density at radius 1 is 1.39 bits per heavy atom. The topological polar surface area (TPSA) is 32.3 Å². The number of rotatable bonds is 4. The van der Waals surface area contributed by atoms with Crippen LogP contribution in [0.25, 0.3) is 0 Å². The molecule has 0 bridgehead atoms. The first-order valence-corrected chi connectivity index (χ1v) is 7.00. The smallest absolute Gasteiger partial charge is 0.187 e. The second-order valence-corrected chi connectivity index (χ2v) is 6.60. The molecule has 1 unspecified atom stereocenters. The normalized spacial score (nSPS) is 23.5. The second-order valence-electron chi connectivity index (χ2n) is 4.91. The zero-order valence-electron chi connectivity index (χ0n) is 10.3. The lowest BCUT2D eigenvalue weighted by molar-refractivity contribution is 0.395. The number of phenols is 1. The van der Waals surface area contributed by atoms with Crippen molar-refractivity contribution in [3.8, 4) is 5.75 Å². The van der Waals surface area contributed by atoms with Crippen molar-refractivity contribution >= 4 is 11.8 Å². The van der Waals surface area contributed by atoms with Crippen LogP contribution < -0.4 is 5.32 Å². The highest BCUT2D eigenvalue weighted by Crippen LogP contribution is 2.37. The van der Waals surface area contributed by atoms with Gasteiger partial charge in [-0.2, -0.15) is 11.8 Å². The molecule has 1 aromatic carbocycles. The molecule has 2 N–H and O–H groups in total. The highest BCUT2D eigenvalue weighted by Gasteiger charge is 2.28. The third-order valence-corrected chi connectivity index (χ3v) is 4.74. The van der Waals surface area contributed by atoms with Crippen LogP contribution >= 0.6 is 11.8 Å². The molecule has 5 heteroatoms. The van der Waals surface area contributed by atoms with E-state index < -0.39 is 17.4 Å². The molecule has 1 atom stereocenters. The molecule has 2 rings (SSSR count). The zero-order chi connectivity index (χ0) is 13.2. The Hall–Kier alpha value is -0.810. The number of aromatic hydroxyl groups is 1. The molecule has 1 aliphatic rings. The van der Waals surface area contributed by atoms with Gasteiger partial charge in [0, 0.05) is 17.8 Å². The maximum absolute atomic E-state index is 13.1. The molecule has 0 aromatic heterocycles. The predicted molar refractivity (Wildman–Crippen MR) is 69.8 cm³/mol. The summed E-state index contributed by atoms with van der Waals surface area (Å²) in [6.07, 6.45) is 2.40. The highest BCUT2D eigenvalue weighted by atomic mass is 32.2. The summed E-state index contributed by atoms with van der Waals surface area (Å²) in [6.45, 7) is 3.43. The van der Waals surface area contributed by atoms with Gasteiger partial charge in [-0.25, -0.2) is 8.78 Å². The summed E-state index contributed by atoms with van der Waals surface area (Å²) in [5.41, 5.74) is 0.509. The lowest BCUT2D eigenvalue weighted by Crippen LogP contribution is -2.32. The summed E-state index contributed by atoms with van der Waals surface area (Å²) in [5.74, 6) is -1.54. The second kappa shape index (κ2) is 5.45. The fourth-order valence-electron chi connectivity index (χ4n) is 2.17. The largest absolute Gasteiger partial charge is 0.503 e. The minimum Gasteiger partial charge on any atom is -0.503 e. The predicted octanol–water partition coefficient (Wildman–Crippen LogP) is 3.05. The number of hydrogen-bond donors (Lipinski definition) is 2. The Morgan fingerprint density at radius 2 is 2.06 bits per heavy atom. The fourth-order valence-corrected chi connectivity index (χ4v) is 3.44. The number of hydrogen-bond acceptors (Lipinski definition) is 3. The van der Waals surface area contributed by atoms with E-state index in [0.29, 0.717) is 12.1 Å².